The van der Waals surface area contributed by atoms with E-state index in [9.17, 15) is 8.42 Å². The highest BCUT2D eigenvalue weighted by molar-refractivity contribution is 7.87. The third kappa shape index (κ3) is 5.61. The lowest BCUT2D eigenvalue weighted by molar-refractivity contribution is 0.476. The molecule has 0 aliphatic rings. The highest BCUT2D eigenvalue weighted by Gasteiger charge is 2.31. The van der Waals surface area contributed by atoms with E-state index in [0.717, 1.165) is 27.1 Å². The summed E-state index contributed by atoms with van der Waals surface area (Å²) in [4.78, 5) is 14.8. The van der Waals surface area contributed by atoms with Gasteiger partial charge in [0.25, 0.3) is 5.88 Å². The van der Waals surface area contributed by atoms with E-state index in [1.807, 2.05) is 45.9 Å². The molecule has 8 heteroatoms. The minimum absolute atomic E-state index is 0.00777. The van der Waals surface area contributed by atoms with Crippen molar-refractivity contribution in [3.05, 3.63) is 64.3 Å². The first-order chi connectivity index (χ1) is 17.7. The van der Waals surface area contributed by atoms with Gasteiger partial charge in [-0.3, -0.25) is 4.98 Å². The molecule has 0 unspecified atom stereocenters. The molecule has 0 amide bonds. The second-order valence-corrected chi connectivity index (χ2v) is 14.2. The third-order valence-corrected chi connectivity index (χ3v) is 9.42. The normalized spacial score (nSPS) is 12.7. The second-order valence-electron chi connectivity index (χ2n) is 11.7. The van der Waals surface area contributed by atoms with Crippen LogP contribution in [0, 0.1) is 0 Å². The molecule has 0 aliphatic carbocycles. The number of hydrogen-bond donors (Lipinski definition) is 0. The first kappa shape index (κ1) is 28.2. The second kappa shape index (κ2) is 10.4. The maximum Gasteiger partial charge on any atom is 0.341 e. The molecule has 202 valence electrons. The third-order valence-electron chi connectivity index (χ3n) is 6.54. The predicted molar refractivity (Wildman–Crippen MR) is 156 cm³/mol. The van der Waals surface area contributed by atoms with Crippen LogP contribution in [0.3, 0.4) is 0 Å². The molecule has 0 aliphatic heterocycles. The minimum atomic E-state index is -4.22. The Bertz CT molecular complexity index is 1540. The van der Waals surface area contributed by atoms with Crippen molar-refractivity contribution in [3.63, 3.8) is 0 Å². The lowest BCUT2D eigenvalue weighted by Gasteiger charge is -2.22. The van der Waals surface area contributed by atoms with Gasteiger partial charge in [0, 0.05) is 22.8 Å². The van der Waals surface area contributed by atoms with Crippen LogP contribution in [-0.2, 0) is 15.5 Å². The van der Waals surface area contributed by atoms with Crippen molar-refractivity contribution in [2.45, 2.75) is 90.4 Å². The van der Waals surface area contributed by atoms with Crippen molar-refractivity contribution in [3.8, 4) is 17.3 Å². The largest absolute Gasteiger partial charge is 0.356 e. The zero-order valence-electron chi connectivity index (χ0n) is 23.7. The molecule has 0 fully saturated rings. The number of hydrogen-bond acceptors (Lipinski definition) is 7. The molecule has 3 heterocycles. The van der Waals surface area contributed by atoms with Crippen LogP contribution in [-0.4, -0.2) is 23.4 Å². The minimum Gasteiger partial charge on any atom is -0.356 e. The summed E-state index contributed by atoms with van der Waals surface area (Å²) in [6, 6.07) is 9.63. The number of thiophene rings is 1. The Labute approximate surface area is 230 Å². The number of aromatic nitrogens is 3. The summed E-state index contributed by atoms with van der Waals surface area (Å²) in [6.07, 6.45) is 3.32. The predicted octanol–water partition coefficient (Wildman–Crippen LogP) is 8.19. The molecule has 0 spiro atoms. The lowest BCUT2D eigenvalue weighted by Crippen LogP contribution is -2.18. The van der Waals surface area contributed by atoms with Crippen LogP contribution in [0.25, 0.3) is 21.6 Å². The molecule has 6 nitrogen and oxygen atoms in total. The Morgan fingerprint density at radius 2 is 1.42 bits per heavy atom. The number of rotatable bonds is 7. The van der Waals surface area contributed by atoms with Crippen LogP contribution in [0.15, 0.2) is 47.6 Å². The molecule has 0 saturated heterocycles. The topological polar surface area (TPSA) is 82.0 Å². The van der Waals surface area contributed by atoms with Crippen LogP contribution < -0.4 is 4.18 Å². The summed E-state index contributed by atoms with van der Waals surface area (Å²) in [5, 5.41) is 0. The average Bonchev–Trinajstić information content (AvgIpc) is 3.29. The molecular weight excluding hydrogens is 514 g/mol. The van der Waals surface area contributed by atoms with Crippen LogP contribution >= 0.6 is 11.3 Å². The van der Waals surface area contributed by atoms with Crippen molar-refractivity contribution in [2.24, 2.45) is 0 Å². The smallest absolute Gasteiger partial charge is 0.341 e. The molecule has 0 radical (unpaired) electrons. The highest BCUT2D eigenvalue weighted by Crippen LogP contribution is 2.41. The molecule has 4 rings (SSSR count). The van der Waals surface area contributed by atoms with E-state index in [4.69, 9.17) is 9.17 Å². The molecule has 0 saturated carbocycles. The van der Waals surface area contributed by atoms with Crippen molar-refractivity contribution in [1.29, 1.82) is 0 Å². The van der Waals surface area contributed by atoms with E-state index in [-0.39, 0.29) is 33.9 Å². The van der Waals surface area contributed by atoms with E-state index < -0.39 is 10.1 Å². The fourth-order valence-corrected chi connectivity index (χ4v) is 7.00. The van der Waals surface area contributed by atoms with Gasteiger partial charge in [0.05, 0.1) is 5.52 Å². The Hall–Kier alpha value is -2.84. The highest BCUT2D eigenvalue weighted by atomic mass is 32.2. The van der Waals surface area contributed by atoms with E-state index in [0.29, 0.717) is 16.0 Å². The van der Waals surface area contributed by atoms with Gasteiger partial charge in [0.1, 0.15) is 9.60 Å². The number of nitrogens with zero attached hydrogens (tertiary/aromatic N) is 3. The monoisotopic (exact) mass is 551 g/mol. The molecule has 38 heavy (non-hydrogen) atoms. The Kier molecular flexibility index (Phi) is 7.70. The SMILES string of the molecule is CC(C)c1cc(C(C)C)c(S(=O)(=O)Oc2nc(-c3ccncc3)nc3cc(C(C)(C)C)sc23)c(C(C)C)c1. The number of benzene rings is 1. The summed E-state index contributed by atoms with van der Waals surface area (Å²) in [5.41, 5.74) is 3.91. The number of pyridine rings is 1. The molecule has 0 N–H and O–H groups in total. The average molecular weight is 552 g/mol. The summed E-state index contributed by atoms with van der Waals surface area (Å²) in [5.74, 6) is 0.707. The van der Waals surface area contributed by atoms with Crippen molar-refractivity contribution < 1.29 is 12.6 Å². The standard InChI is InChI=1S/C30H37N3O3S2/c1-17(2)21-14-22(18(3)4)27(23(15-21)19(5)6)38(34,35)36-29-26-24(16-25(37-26)30(7,8)9)32-28(33-29)20-10-12-31-13-11-20/h10-19H,1-9H3. The number of fused-ring (bicyclic) bond motifs is 1. The van der Waals surface area contributed by atoms with Crippen molar-refractivity contribution >= 4 is 31.7 Å². The van der Waals surface area contributed by atoms with Crippen LogP contribution in [0.4, 0.5) is 0 Å². The lowest BCUT2D eigenvalue weighted by atomic mass is 9.89. The maximum atomic E-state index is 14.1. The summed E-state index contributed by atoms with van der Waals surface area (Å²) in [7, 11) is -4.22. The first-order valence-electron chi connectivity index (χ1n) is 13.0. The van der Waals surface area contributed by atoms with Gasteiger partial charge < -0.3 is 4.18 Å². The molecule has 1 aromatic carbocycles. The van der Waals surface area contributed by atoms with Crippen LogP contribution in [0.1, 0.15) is 102 Å². The summed E-state index contributed by atoms with van der Waals surface area (Å²) >= 11 is 1.47. The summed E-state index contributed by atoms with van der Waals surface area (Å²) < 4.78 is 34.9. The molecule has 3 aromatic heterocycles. The van der Waals surface area contributed by atoms with Gasteiger partial charge in [-0.1, -0.05) is 74.4 Å². The van der Waals surface area contributed by atoms with E-state index in [1.54, 1.807) is 24.5 Å². The zero-order valence-corrected chi connectivity index (χ0v) is 25.3. The van der Waals surface area contributed by atoms with Gasteiger partial charge in [0.15, 0.2) is 5.82 Å². The zero-order chi connectivity index (χ0) is 28.0. The van der Waals surface area contributed by atoms with Gasteiger partial charge in [-0.05, 0) is 58.1 Å². The fraction of sp³-hybridized carbons (Fsp3) is 0.433. The Morgan fingerprint density at radius 1 is 0.842 bits per heavy atom. The van der Waals surface area contributed by atoms with Gasteiger partial charge in [-0.2, -0.15) is 13.4 Å². The van der Waals surface area contributed by atoms with Crippen molar-refractivity contribution in [2.75, 3.05) is 0 Å². The van der Waals surface area contributed by atoms with Crippen LogP contribution in [0.5, 0.6) is 5.88 Å². The molecule has 0 atom stereocenters. The molecule has 0 bridgehead atoms. The van der Waals surface area contributed by atoms with Gasteiger partial charge >= 0.3 is 10.1 Å². The fourth-order valence-electron chi connectivity index (χ4n) is 4.28. The van der Waals surface area contributed by atoms with Crippen LogP contribution in [0.2, 0.25) is 0 Å². The Morgan fingerprint density at radius 3 is 1.92 bits per heavy atom. The van der Waals surface area contributed by atoms with Gasteiger partial charge in [-0.25, -0.2) is 4.98 Å². The molecule has 4 aromatic rings. The van der Waals surface area contributed by atoms with Crippen molar-refractivity contribution in [1.82, 2.24) is 15.0 Å². The van der Waals surface area contributed by atoms with Gasteiger partial charge in [0.2, 0.25) is 0 Å². The first-order valence-corrected chi connectivity index (χ1v) is 15.3. The van der Waals surface area contributed by atoms with E-state index >= 15 is 0 Å². The quantitative estimate of drug-likeness (QED) is 0.215. The summed E-state index contributed by atoms with van der Waals surface area (Å²) in [6.45, 7) is 18.7. The van der Waals surface area contributed by atoms with Gasteiger partial charge in [-0.15, -0.1) is 11.3 Å². The Balaban J connectivity index is 1.96. The molecular formula is C30H37N3O3S2. The van der Waals surface area contributed by atoms with E-state index in [2.05, 4.69) is 44.6 Å². The van der Waals surface area contributed by atoms with E-state index in [1.165, 1.54) is 11.3 Å². The maximum absolute atomic E-state index is 14.1.